The molecule has 0 bridgehead atoms. The van der Waals surface area contributed by atoms with Crippen LogP contribution in [0.5, 0.6) is 5.75 Å². The van der Waals surface area contributed by atoms with Gasteiger partial charge in [0.25, 0.3) is 0 Å². The van der Waals surface area contributed by atoms with Crippen molar-refractivity contribution < 1.29 is 19.1 Å². The topological polar surface area (TPSA) is 92.6 Å². The normalized spacial score (nSPS) is 19.7. The zero-order valence-corrected chi connectivity index (χ0v) is 15.1. The van der Waals surface area contributed by atoms with Crippen molar-refractivity contribution in [3.05, 3.63) is 48.6 Å². The van der Waals surface area contributed by atoms with Crippen LogP contribution in [0.4, 0.5) is 15.3 Å². The second-order valence-electron chi connectivity index (χ2n) is 5.82. The number of amides is 4. The molecule has 4 amide bonds. The van der Waals surface area contributed by atoms with Crippen LogP contribution in [0.25, 0.3) is 0 Å². The van der Waals surface area contributed by atoms with Crippen molar-refractivity contribution in [1.29, 1.82) is 0 Å². The average molecular weight is 368 g/mol. The highest BCUT2D eigenvalue weighted by Crippen LogP contribution is 2.22. The molecule has 1 aliphatic heterocycles. The molecule has 1 N–H and O–H groups in total. The van der Waals surface area contributed by atoms with Gasteiger partial charge in [0, 0.05) is 18.9 Å². The van der Waals surface area contributed by atoms with Crippen molar-refractivity contribution in [3.63, 3.8) is 0 Å². The molecule has 27 heavy (non-hydrogen) atoms. The van der Waals surface area contributed by atoms with Gasteiger partial charge in [-0.1, -0.05) is 24.3 Å². The van der Waals surface area contributed by atoms with E-state index in [0.717, 1.165) is 0 Å². The summed E-state index contributed by atoms with van der Waals surface area (Å²) in [5.41, 5.74) is 1.10. The summed E-state index contributed by atoms with van der Waals surface area (Å²) in [6, 6.07) is 5.89. The summed E-state index contributed by atoms with van der Waals surface area (Å²) >= 11 is 0. The van der Waals surface area contributed by atoms with Crippen LogP contribution in [0.3, 0.4) is 0 Å². The number of carbonyl (C=O) groups is 2. The Morgan fingerprint density at radius 1 is 1.33 bits per heavy atom. The number of fused-ring (bicyclic) bond motifs is 1. The summed E-state index contributed by atoms with van der Waals surface area (Å²) in [6.45, 7) is 0.560. The lowest BCUT2D eigenvalue weighted by Crippen LogP contribution is -2.48. The highest BCUT2D eigenvalue weighted by molar-refractivity contribution is 6.24. The molecule has 1 aromatic carbocycles. The number of benzene rings is 1. The van der Waals surface area contributed by atoms with Gasteiger partial charge in [0.1, 0.15) is 11.6 Å². The van der Waals surface area contributed by atoms with Gasteiger partial charge >= 0.3 is 12.1 Å². The van der Waals surface area contributed by atoms with E-state index < -0.39 is 12.1 Å². The molecule has 0 saturated carbocycles. The first kappa shape index (κ1) is 18.5. The molecule has 0 fully saturated rings. The largest absolute Gasteiger partial charge is 0.497 e. The summed E-state index contributed by atoms with van der Waals surface area (Å²) in [5, 5.41) is 2.69. The molecule has 8 nitrogen and oxygen atoms in total. The van der Waals surface area contributed by atoms with Crippen LogP contribution in [0, 0.1) is 5.92 Å². The van der Waals surface area contributed by atoms with Crippen molar-refractivity contribution in [2.75, 3.05) is 32.7 Å². The molecule has 1 unspecified atom stereocenters. The Kier molecular flexibility index (Phi) is 5.77. The number of allylic oxidation sites excluding steroid dienone is 3. The maximum Gasteiger partial charge on any atom is 0.349 e. The molecule has 1 aromatic rings. The van der Waals surface area contributed by atoms with Gasteiger partial charge in [-0.2, -0.15) is 9.98 Å². The van der Waals surface area contributed by atoms with E-state index in [-0.39, 0.29) is 12.5 Å². The maximum atomic E-state index is 12.5. The van der Waals surface area contributed by atoms with Crippen LogP contribution >= 0.6 is 0 Å². The van der Waals surface area contributed by atoms with Crippen molar-refractivity contribution in [3.8, 4) is 5.75 Å². The van der Waals surface area contributed by atoms with Gasteiger partial charge in [0.2, 0.25) is 0 Å². The van der Waals surface area contributed by atoms with Crippen LogP contribution < -0.4 is 10.1 Å². The van der Waals surface area contributed by atoms with Crippen molar-refractivity contribution >= 4 is 29.3 Å². The van der Waals surface area contributed by atoms with Gasteiger partial charge in [-0.25, -0.2) is 9.59 Å². The van der Waals surface area contributed by atoms with Gasteiger partial charge in [-0.15, -0.1) is 0 Å². The highest BCUT2D eigenvalue weighted by atomic mass is 16.5. The van der Waals surface area contributed by atoms with E-state index in [2.05, 4.69) is 15.3 Å². The number of carbonyl (C=O) groups excluding carboxylic acids is 2. The summed E-state index contributed by atoms with van der Waals surface area (Å²) < 4.78 is 10.2. The molecule has 1 heterocycles. The van der Waals surface area contributed by atoms with E-state index >= 15 is 0 Å². The van der Waals surface area contributed by atoms with Crippen molar-refractivity contribution in [1.82, 2.24) is 4.90 Å². The van der Waals surface area contributed by atoms with Gasteiger partial charge in [-0.05, 0) is 18.2 Å². The predicted molar refractivity (Wildman–Crippen MR) is 103 cm³/mol. The number of amidine groups is 1. The lowest BCUT2D eigenvalue weighted by atomic mass is 9.95. The van der Waals surface area contributed by atoms with Crippen LogP contribution in [0.1, 0.15) is 0 Å². The number of nitrogens with one attached hydrogen (secondary N) is 1. The van der Waals surface area contributed by atoms with E-state index in [1.165, 1.54) is 4.90 Å². The maximum absolute atomic E-state index is 12.5. The summed E-state index contributed by atoms with van der Waals surface area (Å²) in [6.07, 6.45) is 7.22. The minimum atomic E-state index is -0.585. The quantitative estimate of drug-likeness (QED) is 0.865. The summed E-state index contributed by atoms with van der Waals surface area (Å²) in [5.74, 6) is 0.577. The fourth-order valence-electron chi connectivity index (χ4n) is 2.77. The standard InChI is InChI=1S/C19H20N4O4/c1-26-11-10-23-17(15-8-3-4-9-16(15)21-19(23)25)22-18(24)20-13-6-5-7-14(12-13)27-2/h3-9,12,15H,10-11H2,1-2H3,(H,20,24)/b22-17-. The Labute approximate surface area is 156 Å². The summed E-state index contributed by atoms with van der Waals surface area (Å²) in [4.78, 5) is 34.5. The van der Waals surface area contributed by atoms with Crippen LogP contribution in [0.15, 0.2) is 58.6 Å². The van der Waals surface area contributed by atoms with Crippen LogP contribution in [-0.4, -0.2) is 55.9 Å². The van der Waals surface area contributed by atoms with E-state index in [4.69, 9.17) is 9.47 Å². The molecule has 0 spiro atoms. The van der Waals surface area contributed by atoms with Crippen LogP contribution in [-0.2, 0) is 4.74 Å². The summed E-state index contributed by atoms with van der Waals surface area (Å²) in [7, 11) is 3.09. The van der Waals surface area contributed by atoms with Crippen LogP contribution in [0.2, 0.25) is 0 Å². The molecule has 3 rings (SSSR count). The highest BCUT2D eigenvalue weighted by Gasteiger charge is 2.34. The lowest BCUT2D eigenvalue weighted by molar-refractivity contribution is 0.174. The molecule has 140 valence electrons. The van der Waals surface area contributed by atoms with Gasteiger partial charge in [0.15, 0.2) is 0 Å². The Balaban J connectivity index is 1.87. The first-order chi connectivity index (χ1) is 13.1. The number of rotatable bonds is 5. The fourth-order valence-corrected chi connectivity index (χ4v) is 2.77. The Morgan fingerprint density at radius 2 is 2.19 bits per heavy atom. The van der Waals surface area contributed by atoms with E-state index in [1.807, 2.05) is 12.2 Å². The minimum absolute atomic E-state index is 0.255. The first-order valence-electron chi connectivity index (χ1n) is 8.40. The monoisotopic (exact) mass is 368 g/mol. The smallest absolute Gasteiger partial charge is 0.349 e. The molecule has 0 aromatic heterocycles. The van der Waals surface area contributed by atoms with E-state index in [1.54, 1.807) is 50.6 Å². The fraction of sp³-hybridized carbons (Fsp3) is 0.263. The Morgan fingerprint density at radius 3 is 2.96 bits per heavy atom. The number of methoxy groups -OCH3 is 2. The minimum Gasteiger partial charge on any atom is -0.497 e. The SMILES string of the molecule is COCCN1C(=O)N=C2C=CC=CC2/C1=N/C(=O)Nc1cccc(OC)c1. The zero-order chi connectivity index (χ0) is 19.2. The molecule has 2 aliphatic rings. The Hall–Kier alpha value is -3.26. The molecule has 8 heteroatoms. The second kappa shape index (κ2) is 8.41. The van der Waals surface area contributed by atoms with E-state index in [9.17, 15) is 9.59 Å². The third kappa shape index (κ3) is 4.29. The third-order valence-electron chi connectivity index (χ3n) is 4.07. The number of urea groups is 2. The van der Waals surface area contributed by atoms with Gasteiger partial charge in [-0.3, -0.25) is 4.90 Å². The number of aliphatic imine (C=N–C) groups is 2. The number of anilines is 1. The van der Waals surface area contributed by atoms with Crippen molar-refractivity contribution in [2.24, 2.45) is 15.9 Å². The zero-order valence-electron chi connectivity index (χ0n) is 15.1. The number of hydrogen-bond donors (Lipinski definition) is 1. The Bertz CT molecular complexity index is 857. The second-order valence-corrected chi connectivity index (χ2v) is 5.82. The van der Waals surface area contributed by atoms with E-state index in [0.29, 0.717) is 29.6 Å². The molecule has 1 aliphatic carbocycles. The number of hydrogen-bond acceptors (Lipinski definition) is 4. The molecular formula is C19H20N4O4. The predicted octanol–water partition coefficient (Wildman–Crippen LogP) is 2.89. The molecule has 1 atom stereocenters. The van der Waals surface area contributed by atoms with Gasteiger partial charge in [0.05, 0.1) is 31.9 Å². The first-order valence-corrected chi connectivity index (χ1v) is 8.40. The van der Waals surface area contributed by atoms with Gasteiger partial charge < -0.3 is 14.8 Å². The average Bonchev–Trinajstić information content (AvgIpc) is 2.67. The molecule has 0 saturated heterocycles. The molecule has 0 radical (unpaired) electrons. The number of nitrogens with zero attached hydrogens (tertiary/aromatic N) is 3. The molecular weight excluding hydrogens is 348 g/mol. The lowest BCUT2D eigenvalue weighted by Gasteiger charge is -2.31. The third-order valence-corrected chi connectivity index (χ3v) is 4.07. The number of ether oxygens (including phenoxy) is 2. The van der Waals surface area contributed by atoms with Crippen molar-refractivity contribution in [2.45, 2.75) is 0 Å².